The number of rotatable bonds is 5. The smallest absolute Gasteiger partial charge is 0.183 e. The quantitative estimate of drug-likeness (QED) is 0.0675. The van der Waals surface area contributed by atoms with Crippen LogP contribution in [0.2, 0.25) is 0 Å². The minimum absolute atomic E-state index is 0.0463. The van der Waals surface area contributed by atoms with Crippen molar-refractivity contribution in [2.45, 2.75) is 25.7 Å². The van der Waals surface area contributed by atoms with E-state index in [0.717, 1.165) is 82.6 Å². The number of phenolic OH excluding ortho intramolecular Hbond substituents is 4. The molecule has 0 radical (unpaired) electrons. The van der Waals surface area contributed by atoms with E-state index in [4.69, 9.17) is 0 Å². The number of aromatic nitrogens is 1. The van der Waals surface area contributed by atoms with Crippen LogP contribution in [-0.4, -0.2) is 25.4 Å². The fourth-order valence-corrected chi connectivity index (χ4v) is 12.7. The van der Waals surface area contributed by atoms with Crippen molar-refractivity contribution in [2.75, 3.05) is 0 Å². The maximum Gasteiger partial charge on any atom is 0.183 e. The molecule has 2 aliphatic rings. The van der Waals surface area contributed by atoms with Crippen LogP contribution >= 0.6 is 11.3 Å². The van der Waals surface area contributed by atoms with Gasteiger partial charge in [0, 0.05) is 11.8 Å². The van der Waals surface area contributed by atoms with Crippen LogP contribution in [0.4, 0.5) is 0 Å². The van der Waals surface area contributed by atoms with Crippen molar-refractivity contribution in [1.29, 1.82) is 0 Å². The molecule has 0 unspecified atom stereocenters. The first-order valence-electron chi connectivity index (χ1n) is 24.0. The molecule has 1 heterocycles. The number of hydrogen-bond acceptors (Lipinski definition) is 5. The topological polar surface area (TPSA) is 96.7 Å². The highest BCUT2D eigenvalue weighted by Gasteiger charge is 2.48. The fraction of sp³-hybridized carbons (Fsp3) is 0.0769. The third-order valence-electron chi connectivity index (χ3n) is 14.6. The van der Waals surface area contributed by atoms with Gasteiger partial charge in [0.25, 0.3) is 0 Å². The van der Waals surface area contributed by atoms with E-state index in [1.807, 2.05) is 66.7 Å². The molecule has 2 aliphatic carbocycles. The van der Waals surface area contributed by atoms with E-state index >= 15 is 0 Å². The zero-order valence-electron chi connectivity index (χ0n) is 39.2. The fourth-order valence-electron chi connectivity index (χ4n) is 11.5. The summed E-state index contributed by atoms with van der Waals surface area (Å²) in [6, 6.07) is 66.7. The molecule has 0 amide bonds. The summed E-state index contributed by atoms with van der Waals surface area (Å²) < 4.78 is 0.740. The van der Waals surface area contributed by atoms with Crippen LogP contribution in [0.1, 0.15) is 52.3 Å². The van der Waals surface area contributed by atoms with Crippen LogP contribution in [0.15, 0.2) is 212 Å². The Bertz CT molecular complexity index is 3940. The van der Waals surface area contributed by atoms with E-state index in [0.29, 0.717) is 22.3 Å². The number of allylic oxidation sites excluding steroid dienone is 4. The predicted molar refractivity (Wildman–Crippen MR) is 294 cm³/mol. The first-order valence-corrected chi connectivity index (χ1v) is 24.9. The van der Waals surface area contributed by atoms with Gasteiger partial charge in [-0.05, 0) is 120 Å². The van der Waals surface area contributed by atoms with E-state index in [1.165, 1.54) is 11.3 Å². The average molecular weight is 940 g/mol. The Labute approximate surface area is 415 Å². The standard InChI is InChI=1S/C65H49NO4S/c1-39-35-44(41-19-6-3-7-20-41)37-45(36-39)55-59(67)62(70)58-64(60(55)68)71-63-48(33-32-42(22-18-34-66-58)53-38-43-21-12-13-27-49(43)50-28-14-15-29-51(50)53)40(2)57-56(61(63)69)52-30-16-17-31-54(52)65(57,46-23-8-4-9-24-46)47-25-10-5-11-26-47/h3-35,37-39,66-70H,36H2,1-2H3/t39-/m1/s1. The molecule has 6 heteroatoms. The van der Waals surface area contributed by atoms with Crippen molar-refractivity contribution in [1.82, 2.24) is 4.98 Å². The predicted octanol–water partition coefficient (Wildman–Crippen LogP) is 16.6. The number of H-pyrrole nitrogens is 1. The number of hydrogen-bond donors (Lipinski definition) is 5. The molecule has 0 bridgehead atoms. The summed E-state index contributed by atoms with van der Waals surface area (Å²) in [4.78, 5) is 3.28. The maximum atomic E-state index is 13.4. The lowest BCUT2D eigenvalue weighted by atomic mass is 9.66. The Morgan fingerprint density at radius 2 is 1.13 bits per heavy atom. The number of benzene rings is 9. The third-order valence-corrected chi connectivity index (χ3v) is 15.8. The van der Waals surface area contributed by atoms with Crippen LogP contribution in [-0.2, 0) is 5.41 Å². The van der Waals surface area contributed by atoms with Gasteiger partial charge in [-0.2, -0.15) is 0 Å². The zero-order chi connectivity index (χ0) is 48.4. The molecule has 1 aromatic heterocycles. The number of phenols is 4. The van der Waals surface area contributed by atoms with Gasteiger partial charge in [-0.3, -0.25) is 0 Å². The number of aromatic amines is 1. The van der Waals surface area contributed by atoms with Gasteiger partial charge < -0.3 is 25.4 Å². The summed E-state index contributed by atoms with van der Waals surface area (Å²) in [5.74, 6) is -0.939. The van der Waals surface area contributed by atoms with Gasteiger partial charge >= 0.3 is 0 Å². The van der Waals surface area contributed by atoms with Crippen LogP contribution in [0.25, 0.3) is 75.2 Å². The normalized spacial score (nSPS) is 14.6. The summed E-state index contributed by atoms with van der Waals surface area (Å²) in [5.41, 5.74) is 10.7. The summed E-state index contributed by atoms with van der Waals surface area (Å²) in [7, 11) is 0. The Kier molecular flexibility index (Phi) is 10.7. The van der Waals surface area contributed by atoms with E-state index in [-0.39, 0.29) is 33.2 Å². The van der Waals surface area contributed by atoms with Crippen LogP contribution in [0.3, 0.4) is 0 Å². The average Bonchev–Trinajstić information content (AvgIpc) is 3.73. The molecule has 71 heavy (non-hydrogen) atoms. The monoisotopic (exact) mass is 939 g/mol. The number of aryl methyl sites for hydroxylation is 1. The molecule has 1 atom stereocenters. The molecule has 0 fully saturated rings. The van der Waals surface area contributed by atoms with Crippen molar-refractivity contribution in [3.05, 3.63) is 251 Å². The van der Waals surface area contributed by atoms with Gasteiger partial charge in [0.05, 0.1) is 20.4 Å². The summed E-state index contributed by atoms with van der Waals surface area (Å²) in [5, 5.41) is 55.8. The number of fused-ring (bicyclic) bond motifs is 8. The summed E-state index contributed by atoms with van der Waals surface area (Å²) >= 11 is 1.18. The SMILES string of the molecule is Cc1c2c(c(O)c3sc4c(O)c(C5=CC(c6ccccc6)=C[C@@H](C)C5)c(O)c(O)c4[nH]cccc(-c4cc5ccccc5c5ccccc45)ccc13)-c1ccccc1C2(c1ccccc1)c1ccccc1. The molecule has 0 saturated carbocycles. The van der Waals surface area contributed by atoms with E-state index < -0.39 is 16.9 Å². The molecule has 0 saturated heterocycles. The summed E-state index contributed by atoms with van der Waals surface area (Å²) in [6.45, 7) is 4.24. The second-order valence-corrected chi connectivity index (χ2v) is 19.7. The molecule has 0 spiro atoms. The number of aromatic hydroxyl groups is 4. The molecular formula is C65H49NO4S. The van der Waals surface area contributed by atoms with Crippen molar-refractivity contribution in [3.63, 3.8) is 0 Å². The van der Waals surface area contributed by atoms with Gasteiger partial charge in [0.15, 0.2) is 11.5 Å². The lowest BCUT2D eigenvalue weighted by Crippen LogP contribution is -2.29. The van der Waals surface area contributed by atoms with Gasteiger partial charge in [0.1, 0.15) is 17.0 Å². The molecule has 5 nitrogen and oxygen atoms in total. The molecule has 344 valence electrons. The highest BCUT2D eigenvalue weighted by Crippen LogP contribution is 2.62. The Hall–Kier alpha value is -8.58. The van der Waals surface area contributed by atoms with Gasteiger partial charge in [-0.15, -0.1) is 11.3 Å². The molecule has 0 aliphatic heterocycles. The minimum Gasteiger partial charge on any atom is -0.506 e. The zero-order valence-corrected chi connectivity index (χ0v) is 40.0. The lowest BCUT2D eigenvalue weighted by molar-refractivity contribution is 0.399. The summed E-state index contributed by atoms with van der Waals surface area (Å²) in [6.07, 6.45) is 6.39. The van der Waals surface area contributed by atoms with Gasteiger partial charge in [0.2, 0.25) is 0 Å². The second-order valence-electron chi connectivity index (χ2n) is 18.7. The van der Waals surface area contributed by atoms with Crippen LogP contribution in [0.5, 0.6) is 23.0 Å². The van der Waals surface area contributed by atoms with Crippen molar-refractivity contribution in [3.8, 4) is 45.3 Å². The Balaban J connectivity index is 1.25. The Morgan fingerprint density at radius 1 is 0.521 bits per heavy atom. The molecular weight excluding hydrogens is 891 g/mol. The van der Waals surface area contributed by atoms with E-state index in [2.05, 4.69) is 158 Å². The first kappa shape index (κ1) is 43.7. The van der Waals surface area contributed by atoms with Crippen LogP contribution < -0.4 is 0 Å². The van der Waals surface area contributed by atoms with E-state index in [9.17, 15) is 20.4 Å². The minimum atomic E-state index is -0.823. The first-order chi connectivity index (χ1) is 34.7. The van der Waals surface area contributed by atoms with Crippen molar-refractivity contribution in [2.24, 2.45) is 5.92 Å². The van der Waals surface area contributed by atoms with Crippen molar-refractivity contribution >= 4 is 64.3 Å². The van der Waals surface area contributed by atoms with Crippen LogP contribution in [0, 0.1) is 12.8 Å². The van der Waals surface area contributed by atoms with E-state index in [1.54, 1.807) is 6.20 Å². The lowest BCUT2D eigenvalue weighted by Gasteiger charge is -2.35. The highest BCUT2D eigenvalue weighted by molar-refractivity contribution is 7.25. The Morgan fingerprint density at radius 3 is 1.86 bits per heavy atom. The molecule has 12 rings (SSSR count). The second kappa shape index (κ2) is 17.4. The largest absolute Gasteiger partial charge is 0.506 e. The maximum absolute atomic E-state index is 13.4. The number of nitrogens with one attached hydrogen (secondary N) is 1. The molecule has 5 N–H and O–H groups in total. The molecule has 9 aromatic carbocycles. The highest BCUT2D eigenvalue weighted by atomic mass is 32.1. The third kappa shape index (κ3) is 6.97. The van der Waals surface area contributed by atoms with Gasteiger partial charge in [-0.1, -0.05) is 201 Å². The van der Waals surface area contributed by atoms with Gasteiger partial charge in [-0.25, -0.2) is 0 Å². The molecule has 10 aromatic rings. The van der Waals surface area contributed by atoms with Crippen molar-refractivity contribution < 1.29 is 20.4 Å².